The summed E-state index contributed by atoms with van der Waals surface area (Å²) in [5.41, 5.74) is 2.41. The van der Waals surface area contributed by atoms with Crippen LogP contribution in [-0.4, -0.2) is 58.8 Å². The second kappa shape index (κ2) is 8.50. The summed E-state index contributed by atoms with van der Waals surface area (Å²) in [6.07, 6.45) is 6.90. The number of pyridine rings is 1. The Bertz CT molecular complexity index is 1000. The van der Waals surface area contributed by atoms with Gasteiger partial charge in [-0.25, -0.2) is 4.98 Å². The molecule has 3 saturated carbocycles. The first kappa shape index (κ1) is 21.4. The lowest BCUT2D eigenvalue weighted by Crippen LogP contribution is -2.54. The summed E-state index contributed by atoms with van der Waals surface area (Å²) in [4.78, 5) is 32.3. The van der Waals surface area contributed by atoms with Gasteiger partial charge in [-0.3, -0.25) is 14.0 Å². The van der Waals surface area contributed by atoms with E-state index in [0.29, 0.717) is 28.4 Å². The minimum absolute atomic E-state index is 0.0660. The Morgan fingerprint density at radius 3 is 2.91 bits per heavy atom. The summed E-state index contributed by atoms with van der Waals surface area (Å²) in [5, 5.41) is 6.52. The normalized spacial score (nSPS) is 26.9. The summed E-state index contributed by atoms with van der Waals surface area (Å²) >= 11 is 0. The van der Waals surface area contributed by atoms with Gasteiger partial charge in [0.05, 0.1) is 12.1 Å². The van der Waals surface area contributed by atoms with Crippen LogP contribution in [0.1, 0.15) is 55.7 Å². The van der Waals surface area contributed by atoms with Gasteiger partial charge in [-0.1, -0.05) is 19.9 Å². The van der Waals surface area contributed by atoms with E-state index in [-0.39, 0.29) is 18.2 Å². The monoisotopic (exact) mass is 437 g/mol. The molecule has 3 atom stereocenters. The summed E-state index contributed by atoms with van der Waals surface area (Å²) in [5.74, 6) is 2.19. The van der Waals surface area contributed by atoms with E-state index in [2.05, 4.69) is 29.5 Å². The van der Waals surface area contributed by atoms with Gasteiger partial charge in [0.25, 0.3) is 5.91 Å². The van der Waals surface area contributed by atoms with Crippen molar-refractivity contribution in [3.05, 3.63) is 35.8 Å². The molecule has 4 aliphatic rings. The van der Waals surface area contributed by atoms with Gasteiger partial charge in [-0.05, 0) is 67.5 Å². The quantitative estimate of drug-likeness (QED) is 0.753. The highest BCUT2D eigenvalue weighted by Crippen LogP contribution is 2.61. The number of rotatable bonds is 5. The first-order chi connectivity index (χ1) is 15.4. The average Bonchev–Trinajstić information content (AvgIpc) is 3.00. The van der Waals surface area contributed by atoms with Crippen LogP contribution in [0.2, 0.25) is 0 Å². The highest BCUT2D eigenvalue weighted by Gasteiger charge is 2.53. The second-order valence-electron chi connectivity index (χ2n) is 10.4. The topological polar surface area (TPSA) is 78.7 Å². The molecule has 2 amide bonds. The Kier molecular flexibility index (Phi) is 5.70. The van der Waals surface area contributed by atoms with Crippen LogP contribution in [-0.2, 0) is 11.2 Å². The van der Waals surface area contributed by atoms with Gasteiger partial charge in [0, 0.05) is 32.4 Å². The molecule has 0 unspecified atom stereocenters. The third kappa shape index (κ3) is 3.91. The van der Waals surface area contributed by atoms with Gasteiger partial charge in [0.15, 0.2) is 0 Å². The number of hydrogen-bond donors (Lipinski definition) is 2. The molecular formula is C25H35N5O2. The smallest absolute Gasteiger partial charge is 0.268 e. The van der Waals surface area contributed by atoms with Crippen LogP contribution in [0.25, 0.3) is 5.65 Å². The fraction of sp³-hybridized carbons (Fsp3) is 0.640. The van der Waals surface area contributed by atoms with Crippen molar-refractivity contribution in [2.24, 2.45) is 23.2 Å². The standard InChI is InChI=1S/C25H35N5O2/c1-25(2)18-8-7-17(20(25)13-18)15-27-24(32)21-5-3-6-22-28-19(16-30(21)22)14-23(31)29-11-4-9-26-10-12-29/h3,5-6,16-18,20,26H,4,7-15H2,1-2H3,(H,27,32)/t17-,18+,20+/m0/s1. The maximum Gasteiger partial charge on any atom is 0.268 e. The Morgan fingerprint density at radius 2 is 2.09 bits per heavy atom. The van der Waals surface area contributed by atoms with Crippen molar-refractivity contribution in [3.63, 3.8) is 0 Å². The summed E-state index contributed by atoms with van der Waals surface area (Å²) in [7, 11) is 0. The molecule has 32 heavy (non-hydrogen) atoms. The van der Waals surface area contributed by atoms with Crippen molar-refractivity contribution < 1.29 is 9.59 Å². The van der Waals surface area contributed by atoms with E-state index < -0.39 is 0 Å². The third-order valence-corrected chi connectivity index (χ3v) is 8.33. The van der Waals surface area contributed by atoms with Gasteiger partial charge in [0.1, 0.15) is 11.3 Å². The van der Waals surface area contributed by atoms with Crippen LogP contribution < -0.4 is 10.6 Å². The molecule has 2 aromatic rings. The number of fused-ring (bicyclic) bond motifs is 3. The van der Waals surface area contributed by atoms with Crippen molar-refractivity contribution in [1.82, 2.24) is 24.9 Å². The van der Waals surface area contributed by atoms with E-state index in [1.807, 2.05) is 33.7 Å². The number of hydrogen-bond acceptors (Lipinski definition) is 4. The van der Waals surface area contributed by atoms with Crippen molar-refractivity contribution in [2.45, 2.75) is 46.0 Å². The number of imidazole rings is 1. The van der Waals surface area contributed by atoms with Crippen LogP contribution in [0.5, 0.6) is 0 Å². The van der Waals surface area contributed by atoms with E-state index >= 15 is 0 Å². The van der Waals surface area contributed by atoms with E-state index in [9.17, 15) is 9.59 Å². The Morgan fingerprint density at radius 1 is 1.22 bits per heavy atom. The van der Waals surface area contributed by atoms with Crippen molar-refractivity contribution >= 4 is 17.5 Å². The van der Waals surface area contributed by atoms with E-state index in [4.69, 9.17) is 0 Å². The first-order valence-electron chi connectivity index (χ1n) is 12.2. The molecular weight excluding hydrogens is 402 g/mol. The largest absolute Gasteiger partial charge is 0.350 e. The van der Waals surface area contributed by atoms with E-state index in [0.717, 1.165) is 51.0 Å². The second-order valence-corrected chi connectivity index (χ2v) is 10.4. The first-order valence-corrected chi connectivity index (χ1v) is 12.2. The minimum atomic E-state index is -0.0660. The number of nitrogens with one attached hydrogen (secondary N) is 2. The number of nitrogens with zero attached hydrogens (tertiary/aromatic N) is 3. The third-order valence-electron chi connectivity index (χ3n) is 8.33. The predicted molar refractivity (Wildman–Crippen MR) is 123 cm³/mol. The van der Waals surface area contributed by atoms with Gasteiger partial charge in [0.2, 0.25) is 5.91 Å². The molecule has 172 valence electrons. The van der Waals surface area contributed by atoms with Crippen LogP contribution in [0.15, 0.2) is 24.4 Å². The molecule has 2 N–H and O–H groups in total. The zero-order valence-electron chi connectivity index (χ0n) is 19.3. The van der Waals surface area contributed by atoms with Gasteiger partial charge in [-0.15, -0.1) is 0 Å². The number of carbonyl (C=O) groups excluding carboxylic acids is 2. The van der Waals surface area contributed by atoms with Crippen LogP contribution >= 0.6 is 0 Å². The fourth-order valence-electron chi connectivity index (χ4n) is 6.21. The maximum absolute atomic E-state index is 13.1. The highest BCUT2D eigenvalue weighted by atomic mass is 16.2. The molecule has 7 nitrogen and oxygen atoms in total. The Hall–Kier alpha value is -2.41. The molecule has 3 aliphatic carbocycles. The fourth-order valence-corrected chi connectivity index (χ4v) is 6.21. The lowest BCUT2D eigenvalue weighted by molar-refractivity contribution is -0.130. The molecule has 6 rings (SSSR count). The van der Waals surface area contributed by atoms with Crippen LogP contribution in [0, 0.1) is 23.2 Å². The molecule has 2 bridgehead atoms. The van der Waals surface area contributed by atoms with Gasteiger partial charge < -0.3 is 15.5 Å². The Balaban J connectivity index is 1.25. The van der Waals surface area contributed by atoms with Gasteiger partial charge >= 0.3 is 0 Å². The van der Waals surface area contributed by atoms with Crippen LogP contribution in [0.4, 0.5) is 0 Å². The Labute approximate surface area is 190 Å². The minimum Gasteiger partial charge on any atom is -0.350 e. The maximum atomic E-state index is 13.1. The van der Waals surface area contributed by atoms with E-state index in [1.165, 1.54) is 19.3 Å². The lowest BCUT2D eigenvalue weighted by Gasteiger charge is -2.60. The van der Waals surface area contributed by atoms with Crippen molar-refractivity contribution in [3.8, 4) is 0 Å². The molecule has 1 saturated heterocycles. The average molecular weight is 438 g/mol. The molecule has 0 radical (unpaired) electrons. The lowest BCUT2D eigenvalue weighted by atomic mass is 9.45. The molecule has 4 fully saturated rings. The summed E-state index contributed by atoms with van der Waals surface area (Å²) < 4.78 is 1.83. The van der Waals surface area contributed by atoms with Gasteiger partial charge in [-0.2, -0.15) is 0 Å². The van der Waals surface area contributed by atoms with Crippen molar-refractivity contribution in [2.75, 3.05) is 32.7 Å². The summed E-state index contributed by atoms with van der Waals surface area (Å²) in [6, 6.07) is 5.59. The van der Waals surface area contributed by atoms with Crippen molar-refractivity contribution in [1.29, 1.82) is 0 Å². The molecule has 0 aromatic carbocycles. The molecule has 2 aromatic heterocycles. The number of amides is 2. The SMILES string of the molecule is CC1(C)[C@@H]2CC[C@@H](CNC(=O)c3cccc4nc(CC(=O)N5CCCNCC5)cn34)[C@H]1C2. The zero-order valence-corrected chi connectivity index (χ0v) is 19.3. The predicted octanol–water partition coefficient (Wildman–Crippen LogP) is 2.50. The molecule has 1 aliphatic heterocycles. The number of carbonyl (C=O) groups is 2. The highest BCUT2D eigenvalue weighted by molar-refractivity contribution is 5.93. The van der Waals surface area contributed by atoms with Crippen LogP contribution in [0.3, 0.4) is 0 Å². The number of aromatic nitrogens is 2. The molecule has 0 spiro atoms. The summed E-state index contributed by atoms with van der Waals surface area (Å²) in [6.45, 7) is 8.82. The molecule has 7 heteroatoms. The molecule has 3 heterocycles. The van der Waals surface area contributed by atoms with E-state index in [1.54, 1.807) is 0 Å². The zero-order chi connectivity index (χ0) is 22.3.